The summed E-state index contributed by atoms with van der Waals surface area (Å²) in [6, 6.07) is 6.62. The standard InChI is InChI=1S/C14H10BrClF2N2/c15-9-4-12(16)11(14(19)5-9)7-20-6-8-3-10(17)1-2-13(8)18/h1-5,7H,6,19H2. The highest BCUT2D eigenvalue weighted by Gasteiger charge is 2.05. The van der Waals surface area contributed by atoms with E-state index in [9.17, 15) is 8.78 Å². The van der Waals surface area contributed by atoms with Gasteiger partial charge in [0.2, 0.25) is 0 Å². The van der Waals surface area contributed by atoms with Crippen LogP contribution < -0.4 is 5.73 Å². The van der Waals surface area contributed by atoms with Crippen LogP contribution in [0.15, 0.2) is 39.8 Å². The van der Waals surface area contributed by atoms with Crippen LogP contribution in [-0.2, 0) is 6.54 Å². The molecule has 0 unspecified atom stereocenters. The highest BCUT2D eigenvalue weighted by molar-refractivity contribution is 9.10. The molecule has 0 amide bonds. The third-order valence-corrected chi connectivity index (χ3v) is 3.39. The summed E-state index contributed by atoms with van der Waals surface area (Å²) in [5.74, 6) is -1.00. The predicted octanol–water partition coefficient (Wildman–Crippen LogP) is 4.58. The first-order valence-electron chi connectivity index (χ1n) is 5.65. The molecule has 2 rings (SSSR count). The number of benzene rings is 2. The van der Waals surface area contributed by atoms with Crippen LogP contribution in [-0.4, -0.2) is 6.21 Å². The molecule has 0 bridgehead atoms. The maximum absolute atomic E-state index is 13.4. The zero-order valence-electron chi connectivity index (χ0n) is 10.2. The van der Waals surface area contributed by atoms with Gasteiger partial charge in [-0.05, 0) is 30.3 Å². The normalized spacial score (nSPS) is 11.2. The van der Waals surface area contributed by atoms with Crippen LogP contribution in [0.4, 0.5) is 14.5 Å². The quantitative estimate of drug-likeness (QED) is 0.632. The summed E-state index contributed by atoms with van der Waals surface area (Å²) in [4.78, 5) is 4.05. The summed E-state index contributed by atoms with van der Waals surface area (Å²) in [6.07, 6.45) is 1.45. The van der Waals surface area contributed by atoms with Crippen LogP contribution in [0.3, 0.4) is 0 Å². The maximum Gasteiger partial charge on any atom is 0.128 e. The number of anilines is 1. The molecule has 2 nitrogen and oxygen atoms in total. The van der Waals surface area contributed by atoms with E-state index in [-0.39, 0.29) is 12.1 Å². The number of nitrogen functional groups attached to an aromatic ring is 1. The first-order valence-corrected chi connectivity index (χ1v) is 6.82. The molecule has 0 aliphatic heterocycles. The van der Waals surface area contributed by atoms with Crippen molar-refractivity contribution in [2.45, 2.75) is 6.54 Å². The number of aliphatic imine (C=N–C) groups is 1. The monoisotopic (exact) mass is 358 g/mol. The molecule has 0 atom stereocenters. The van der Waals surface area contributed by atoms with Crippen molar-refractivity contribution in [2.24, 2.45) is 4.99 Å². The number of hydrogen-bond acceptors (Lipinski definition) is 2. The summed E-state index contributed by atoms with van der Waals surface area (Å²) >= 11 is 9.31. The van der Waals surface area contributed by atoms with Gasteiger partial charge in [0.05, 0.1) is 11.6 Å². The van der Waals surface area contributed by atoms with E-state index in [1.807, 2.05) is 0 Å². The molecule has 2 N–H and O–H groups in total. The van der Waals surface area contributed by atoms with Gasteiger partial charge in [0.15, 0.2) is 0 Å². The van der Waals surface area contributed by atoms with Gasteiger partial charge in [0.25, 0.3) is 0 Å². The van der Waals surface area contributed by atoms with E-state index in [4.69, 9.17) is 17.3 Å². The van der Waals surface area contributed by atoms with Crippen molar-refractivity contribution >= 4 is 39.4 Å². The van der Waals surface area contributed by atoms with Crippen molar-refractivity contribution in [2.75, 3.05) is 5.73 Å². The van der Waals surface area contributed by atoms with Gasteiger partial charge in [0, 0.05) is 27.5 Å². The molecule has 6 heteroatoms. The molecule has 0 spiro atoms. The topological polar surface area (TPSA) is 38.4 Å². The summed E-state index contributed by atoms with van der Waals surface area (Å²) < 4.78 is 27.2. The molecule has 0 aromatic heterocycles. The Balaban J connectivity index is 2.21. The third-order valence-electron chi connectivity index (χ3n) is 2.62. The molecule has 20 heavy (non-hydrogen) atoms. The van der Waals surface area contributed by atoms with Gasteiger partial charge < -0.3 is 5.73 Å². The average molecular weight is 360 g/mol. The molecule has 104 valence electrons. The van der Waals surface area contributed by atoms with E-state index in [1.54, 1.807) is 12.1 Å². The largest absolute Gasteiger partial charge is 0.398 e. The molecule has 0 saturated heterocycles. The number of nitrogens with two attached hydrogens (primary N) is 1. The fourth-order valence-corrected chi connectivity index (χ4v) is 2.52. The molecule has 0 fully saturated rings. The fourth-order valence-electron chi connectivity index (χ4n) is 1.64. The maximum atomic E-state index is 13.4. The van der Waals surface area contributed by atoms with Crippen molar-refractivity contribution in [1.29, 1.82) is 0 Å². The Hall–Kier alpha value is -1.46. The number of halogens is 4. The smallest absolute Gasteiger partial charge is 0.128 e. The molecular weight excluding hydrogens is 350 g/mol. The Morgan fingerprint density at radius 2 is 2.00 bits per heavy atom. The lowest BCUT2D eigenvalue weighted by atomic mass is 10.2. The zero-order chi connectivity index (χ0) is 14.7. The van der Waals surface area contributed by atoms with Crippen molar-refractivity contribution in [3.8, 4) is 0 Å². The second-order valence-electron chi connectivity index (χ2n) is 4.10. The lowest BCUT2D eigenvalue weighted by Gasteiger charge is -2.04. The Morgan fingerprint density at radius 1 is 1.25 bits per heavy atom. The second-order valence-corrected chi connectivity index (χ2v) is 5.42. The van der Waals surface area contributed by atoms with Crippen molar-refractivity contribution in [3.05, 3.63) is 62.6 Å². The highest BCUT2D eigenvalue weighted by Crippen LogP contribution is 2.26. The van der Waals surface area contributed by atoms with Crippen molar-refractivity contribution < 1.29 is 8.78 Å². The minimum atomic E-state index is -0.502. The Kier molecular flexibility index (Phi) is 4.73. The van der Waals surface area contributed by atoms with Crippen LogP contribution in [0.5, 0.6) is 0 Å². The van der Waals surface area contributed by atoms with Crippen LogP contribution in [0.2, 0.25) is 5.02 Å². The molecule has 2 aromatic carbocycles. The van der Waals surface area contributed by atoms with Crippen molar-refractivity contribution in [3.63, 3.8) is 0 Å². The molecule has 0 aliphatic carbocycles. The molecular formula is C14H10BrClF2N2. The lowest BCUT2D eigenvalue weighted by Crippen LogP contribution is -1.96. The van der Waals surface area contributed by atoms with Gasteiger partial charge in [-0.25, -0.2) is 8.78 Å². The van der Waals surface area contributed by atoms with Crippen molar-refractivity contribution in [1.82, 2.24) is 0 Å². The number of nitrogens with zero attached hydrogens (tertiary/aromatic N) is 1. The number of rotatable bonds is 3. The fraction of sp³-hybridized carbons (Fsp3) is 0.0714. The summed E-state index contributed by atoms with van der Waals surface area (Å²) in [7, 11) is 0. The lowest BCUT2D eigenvalue weighted by molar-refractivity contribution is 0.586. The third kappa shape index (κ3) is 3.55. The first kappa shape index (κ1) is 14.9. The summed E-state index contributed by atoms with van der Waals surface area (Å²) in [5, 5.41) is 0.431. The van der Waals surface area contributed by atoms with E-state index < -0.39 is 11.6 Å². The zero-order valence-corrected chi connectivity index (χ0v) is 12.5. The SMILES string of the molecule is Nc1cc(Br)cc(Cl)c1C=NCc1cc(F)ccc1F. The highest BCUT2D eigenvalue weighted by atomic mass is 79.9. The van der Waals surface area contributed by atoms with Gasteiger partial charge in [-0.3, -0.25) is 4.99 Å². The summed E-state index contributed by atoms with van der Waals surface area (Å²) in [5.41, 5.74) is 6.99. The van der Waals surface area contributed by atoms with Gasteiger partial charge in [0.1, 0.15) is 11.6 Å². The van der Waals surface area contributed by atoms with E-state index in [0.29, 0.717) is 16.3 Å². The van der Waals surface area contributed by atoms with Crippen LogP contribution in [0.25, 0.3) is 0 Å². The minimum absolute atomic E-state index is 0.00935. The van der Waals surface area contributed by atoms with Gasteiger partial charge in [-0.2, -0.15) is 0 Å². The van der Waals surface area contributed by atoms with Gasteiger partial charge in [-0.1, -0.05) is 27.5 Å². The van der Waals surface area contributed by atoms with E-state index in [0.717, 1.165) is 22.7 Å². The first-order chi connectivity index (χ1) is 9.47. The molecule has 0 aliphatic rings. The molecule has 0 saturated carbocycles. The number of hydrogen-bond donors (Lipinski definition) is 1. The predicted molar refractivity (Wildman–Crippen MR) is 81.2 cm³/mol. The Labute approximate surface area is 128 Å². The molecule has 0 heterocycles. The van der Waals surface area contributed by atoms with E-state index >= 15 is 0 Å². The van der Waals surface area contributed by atoms with Crippen LogP contribution in [0.1, 0.15) is 11.1 Å². The molecule has 0 radical (unpaired) electrons. The second kappa shape index (κ2) is 6.33. The molecule has 2 aromatic rings. The van der Waals surface area contributed by atoms with E-state index in [2.05, 4.69) is 20.9 Å². The Morgan fingerprint density at radius 3 is 2.70 bits per heavy atom. The minimum Gasteiger partial charge on any atom is -0.398 e. The van der Waals surface area contributed by atoms with E-state index in [1.165, 1.54) is 6.21 Å². The van der Waals surface area contributed by atoms with Gasteiger partial charge >= 0.3 is 0 Å². The van der Waals surface area contributed by atoms with Gasteiger partial charge in [-0.15, -0.1) is 0 Å². The van der Waals surface area contributed by atoms with Crippen LogP contribution >= 0.6 is 27.5 Å². The van der Waals surface area contributed by atoms with Crippen LogP contribution in [0, 0.1) is 11.6 Å². The Bertz CT molecular complexity index is 651. The average Bonchev–Trinajstić information content (AvgIpc) is 2.36. The summed E-state index contributed by atoms with van der Waals surface area (Å²) in [6.45, 7) is 0.00935.